The quantitative estimate of drug-likeness (QED) is 0.710. The van der Waals surface area contributed by atoms with Gasteiger partial charge in [0.05, 0.1) is 0 Å². The zero-order valence-corrected chi connectivity index (χ0v) is 11.3. The fourth-order valence-corrected chi connectivity index (χ4v) is 3.60. The Bertz CT molecular complexity index is 496. The van der Waals surface area contributed by atoms with Crippen LogP contribution in [0.25, 0.3) is 0 Å². The normalized spacial score (nSPS) is 10.7. The van der Waals surface area contributed by atoms with E-state index >= 15 is 0 Å². The average molecular weight is 321 g/mol. The van der Waals surface area contributed by atoms with E-state index in [1.54, 1.807) is 11.3 Å². The van der Waals surface area contributed by atoms with Gasteiger partial charge in [-0.25, -0.2) is 8.78 Å². The van der Waals surface area contributed by atoms with E-state index in [2.05, 4.69) is 15.9 Å². The number of halogens is 3. The second-order valence-electron chi connectivity index (χ2n) is 3.09. The molecule has 0 bridgehead atoms. The van der Waals surface area contributed by atoms with Crippen molar-refractivity contribution in [1.82, 2.24) is 0 Å². The van der Waals surface area contributed by atoms with Crippen LogP contribution in [0.5, 0.6) is 0 Å². The summed E-state index contributed by atoms with van der Waals surface area (Å²) in [4.78, 5) is 1.63. The third kappa shape index (κ3) is 3.06. The lowest BCUT2D eigenvalue weighted by atomic mass is 10.3. The molecule has 0 aliphatic heterocycles. The molecule has 16 heavy (non-hydrogen) atoms. The van der Waals surface area contributed by atoms with Crippen LogP contribution in [-0.2, 0) is 5.75 Å². The van der Waals surface area contributed by atoms with Crippen LogP contribution >= 0.6 is 39.0 Å². The molecule has 0 atom stereocenters. The van der Waals surface area contributed by atoms with Gasteiger partial charge in [0.15, 0.2) is 0 Å². The highest BCUT2D eigenvalue weighted by molar-refractivity contribution is 9.10. The highest BCUT2D eigenvalue weighted by Crippen LogP contribution is 2.29. The minimum Gasteiger partial charge on any atom is -0.207 e. The first-order valence-electron chi connectivity index (χ1n) is 4.46. The van der Waals surface area contributed by atoms with Crippen molar-refractivity contribution in [2.75, 3.05) is 0 Å². The standard InChI is InChI=1S/C11H7BrF2S2/c12-7-3-9(15-5-7)6-16-11-2-1-8(13)4-10(11)14/h1-5H,6H2. The monoisotopic (exact) mass is 320 g/mol. The van der Waals surface area contributed by atoms with Gasteiger partial charge in [-0.15, -0.1) is 23.1 Å². The fourth-order valence-electron chi connectivity index (χ4n) is 1.17. The Morgan fingerprint density at radius 1 is 1.25 bits per heavy atom. The van der Waals surface area contributed by atoms with Crippen molar-refractivity contribution in [1.29, 1.82) is 0 Å². The van der Waals surface area contributed by atoms with Gasteiger partial charge < -0.3 is 0 Å². The molecule has 1 heterocycles. The molecule has 0 nitrogen and oxygen atoms in total. The largest absolute Gasteiger partial charge is 0.207 e. The number of rotatable bonds is 3. The predicted octanol–water partition coefficient (Wildman–Crippen LogP) is 5.08. The molecular weight excluding hydrogens is 314 g/mol. The van der Waals surface area contributed by atoms with Crippen LogP contribution in [0, 0.1) is 11.6 Å². The first kappa shape index (κ1) is 12.1. The van der Waals surface area contributed by atoms with Crippen LogP contribution in [0.15, 0.2) is 39.0 Å². The van der Waals surface area contributed by atoms with Gasteiger partial charge in [-0.3, -0.25) is 0 Å². The summed E-state index contributed by atoms with van der Waals surface area (Å²) in [6.45, 7) is 0. The summed E-state index contributed by atoms with van der Waals surface area (Å²) in [5.74, 6) is -0.347. The van der Waals surface area contributed by atoms with Crippen LogP contribution in [0.4, 0.5) is 8.78 Å². The van der Waals surface area contributed by atoms with E-state index in [1.807, 2.05) is 11.4 Å². The molecule has 5 heteroatoms. The molecule has 1 aromatic heterocycles. The molecule has 0 aliphatic rings. The van der Waals surface area contributed by atoms with E-state index in [-0.39, 0.29) is 0 Å². The first-order valence-corrected chi connectivity index (χ1v) is 7.12. The Labute approximate surface area is 109 Å². The minimum atomic E-state index is -0.541. The van der Waals surface area contributed by atoms with E-state index in [9.17, 15) is 8.78 Å². The van der Waals surface area contributed by atoms with Gasteiger partial charge in [0.2, 0.25) is 0 Å². The molecule has 0 saturated heterocycles. The van der Waals surface area contributed by atoms with Crippen molar-refractivity contribution in [3.63, 3.8) is 0 Å². The molecular formula is C11H7BrF2S2. The van der Waals surface area contributed by atoms with Crippen molar-refractivity contribution < 1.29 is 8.78 Å². The van der Waals surface area contributed by atoms with E-state index in [0.717, 1.165) is 15.4 Å². The summed E-state index contributed by atoms with van der Waals surface area (Å²) in [6, 6.07) is 5.65. The SMILES string of the molecule is Fc1ccc(SCc2cc(Br)cs2)c(F)c1. The Kier molecular flexibility index (Phi) is 4.00. The van der Waals surface area contributed by atoms with Crippen LogP contribution in [0.2, 0.25) is 0 Å². The molecule has 0 spiro atoms. The van der Waals surface area contributed by atoms with Crippen LogP contribution < -0.4 is 0 Å². The minimum absolute atomic E-state index is 0.478. The topological polar surface area (TPSA) is 0 Å². The molecule has 0 amide bonds. The fraction of sp³-hybridized carbons (Fsp3) is 0.0909. The molecule has 0 radical (unpaired) electrons. The maximum Gasteiger partial charge on any atom is 0.139 e. The van der Waals surface area contributed by atoms with Crippen molar-refractivity contribution >= 4 is 39.0 Å². The summed E-state index contributed by atoms with van der Waals surface area (Å²) < 4.78 is 27.0. The van der Waals surface area contributed by atoms with Crippen molar-refractivity contribution in [2.45, 2.75) is 10.6 Å². The number of thiophene rings is 1. The highest BCUT2D eigenvalue weighted by Gasteiger charge is 2.05. The molecule has 1 aromatic carbocycles. The van der Waals surface area contributed by atoms with Crippen LogP contribution in [0.3, 0.4) is 0 Å². The maximum atomic E-state index is 13.3. The van der Waals surface area contributed by atoms with Crippen LogP contribution in [-0.4, -0.2) is 0 Å². The van der Waals surface area contributed by atoms with E-state index in [1.165, 1.54) is 23.9 Å². The van der Waals surface area contributed by atoms with E-state index in [0.29, 0.717) is 10.6 Å². The summed E-state index contributed by atoms with van der Waals surface area (Å²) in [6.07, 6.45) is 0. The molecule has 0 fully saturated rings. The van der Waals surface area contributed by atoms with Gasteiger partial charge >= 0.3 is 0 Å². The van der Waals surface area contributed by atoms with Gasteiger partial charge in [0.1, 0.15) is 11.6 Å². The number of benzene rings is 1. The molecule has 0 aliphatic carbocycles. The van der Waals surface area contributed by atoms with Crippen molar-refractivity contribution in [3.05, 3.63) is 50.6 Å². The highest BCUT2D eigenvalue weighted by atomic mass is 79.9. The number of hydrogen-bond donors (Lipinski definition) is 0. The molecule has 0 unspecified atom stereocenters. The Morgan fingerprint density at radius 3 is 2.69 bits per heavy atom. The lowest BCUT2D eigenvalue weighted by Crippen LogP contribution is -1.84. The Hall–Kier alpha value is -0.390. The number of hydrogen-bond acceptors (Lipinski definition) is 2. The molecule has 2 aromatic rings. The third-order valence-electron chi connectivity index (χ3n) is 1.89. The number of thioether (sulfide) groups is 1. The second kappa shape index (κ2) is 5.29. The third-order valence-corrected chi connectivity index (χ3v) is 4.86. The molecule has 0 N–H and O–H groups in total. The zero-order valence-electron chi connectivity index (χ0n) is 8.04. The zero-order chi connectivity index (χ0) is 11.5. The van der Waals surface area contributed by atoms with E-state index < -0.39 is 11.6 Å². The van der Waals surface area contributed by atoms with Crippen molar-refractivity contribution in [3.8, 4) is 0 Å². The lowest BCUT2D eigenvalue weighted by molar-refractivity contribution is 0.565. The summed E-state index contributed by atoms with van der Waals surface area (Å²) in [5.41, 5.74) is 0. The summed E-state index contributed by atoms with van der Waals surface area (Å²) in [5, 5.41) is 1.98. The first-order chi connectivity index (χ1) is 7.65. The van der Waals surface area contributed by atoms with Gasteiger partial charge in [-0.1, -0.05) is 0 Å². The van der Waals surface area contributed by atoms with E-state index in [4.69, 9.17) is 0 Å². The summed E-state index contributed by atoms with van der Waals surface area (Å²) >= 11 is 6.34. The average Bonchev–Trinajstić information content (AvgIpc) is 2.63. The lowest BCUT2D eigenvalue weighted by Gasteiger charge is -2.01. The second-order valence-corrected chi connectivity index (χ2v) is 6.02. The van der Waals surface area contributed by atoms with Gasteiger partial charge in [0.25, 0.3) is 0 Å². The Balaban J connectivity index is 2.04. The molecule has 84 valence electrons. The maximum absolute atomic E-state index is 13.3. The predicted molar refractivity (Wildman–Crippen MR) is 67.9 cm³/mol. The summed E-state index contributed by atoms with van der Waals surface area (Å²) in [7, 11) is 0. The van der Waals surface area contributed by atoms with Gasteiger partial charge in [-0.2, -0.15) is 0 Å². The smallest absolute Gasteiger partial charge is 0.139 e. The van der Waals surface area contributed by atoms with Gasteiger partial charge in [0, 0.05) is 31.4 Å². The van der Waals surface area contributed by atoms with Crippen molar-refractivity contribution in [2.24, 2.45) is 0 Å². The van der Waals surface area contributed by atoms with Gasteiger partial charge in [-0.05, 0) is 34.1 Å². The Morgan fingerprint density at radius 2 is 2.06 bits per heavy atom. The molecule has 0 saturated carbocycles. The molecule has 2 rings (SSSR count). The van der Waals surface area contributed by atoms with Crippen LogP contribution in [0.1, 0.15) is 4.88 Å².